The molecule has 3 rings (SSSR count). The molecule has 3 aliphatic rings. The normalized spacial score (nSPS) is 37.3. The van der Waals surface area contributed by atoms with E-state index < -0.39 is 0 Å². The minimum Gasteiger partial charge on any atom is -0.353 e. The van der Waals surface area contributed by atoms with Crippen molar-refractivity contribution in [1.82, 2.24) is 5.32 Å². The molecule has 3 unspecified atom stereocenters. The van der Waals surface area contributed by atoms with Crippen LogP contribution >= 0.6 is 0 Å². The van der Waals surface area contributed by atoms with E-state index in [9.17, 15) is 4.79 Å². The molecular formula is C13H23NO. The second-order valence-electron chi connectivity index (χ2n) is 6.21. The van der Waals surface area contributed by atoms with Gasteiger partial charge in [-0.25, -0.2) is 0 Å². The summed E-state index contributed by atoms with van der Waals surface area (Å²) in [4.78, 5) is 11.7. The smallest absolute Gasteiger partial charge is 0.222 e. The van der Waals surface area contributed by atoms with E-state index >= 15 is 0 Å². The highest BCUT2D eigenvalue weighted by Gasteiger charge is 2.54. The molecule has 0 aromatic heterocycles. The Kier molecular flexibility index (Phi) is 2.56. The minimum atomic E-state index is 0.117. The SMILES string of the molecule is CC(C)C(=O)NC1CCC2CC1C2(C)C. The van der Waals surface area contributed by atoms with Crippen molar-refractivity contribution in [3.05, 3.63) is 0 Å². The Morgan fingerprint density at radius 2 is 2.00 bits per heavy atom. The van der Waals surface area contributed by atoms with Gasteiger partial charge in [-0.2, -0.15) is 0 Å². The van der Waals surface area contributed by atoms with E-state index in [1.165, 1.54) is 19.3 Å². The van der Waals surface area contributed by atoms with E-state index in [1.54, 1.807) is 0 Å². The van der Waals surface area contributed by atoms with Crippen molar-refractivity contribution in [3.8, 4) is 0 Å². The summed E-state index contributed by atoms with van der Waals surface area (Å²) in [5, 5.41) is 3.22. The predicted molar refractivity (Wildman–Crippen MR) is 61.4 cm³/mol. The van der Waals surface area contributed by atoms with Crippen LogP contribution in [0.5, 0.6) is 0 Å². The van der Waals surface area contributed by atoms with Crippen LogP contribution in [-0.2, 0) is 4.79 Å². The molecule has 0 spiro atoms. The lowest BCUT2D eigenvalue weighted by molar-refractivity contribution is -0.131. The maximum absolute atomic E-state index is 11.7. The van der Waals surface area contributed by atoms with Gasteiger partial charge in [0.15, 0.2) is 0 Å². The standard InChI is InChI=1S/C13H23NO/c1-8(2)12(15)14-11-6-5-9-7-10(11)13(9,3)4/h8-11H,5-7H2,1-4H3,(H,14,15). The van der Waals surface area contributed by atoms with Crippen LogP contribution in [0.25, 0.3) is 0 Å². The number of rotatable bonds is 2. The van der Waals surface area contributed by atoms with Crippen molar-refractivity contribution >= 4 is 5.91 Å². The van der Waals surface area contributed by atoms with Crippen LogP contribution in [0.15, 0.2) is 0 Å². The number of carbonyl (C=O) groups excluding carboxylic acids is 1. The van der Waals surface area contributed by atoms with Crippen molar-refractivity contribution in [3.63, 3.8) is 0 Å². The zero-order chi connectivity index (χ0) is 11.2. The van der Waals surface area contributed by atoms with E-state index in [0.717, 1.165) is 11.8 Å². The molecule has 0 aliphatic heterocycles. The number of hydrogen-bond donors (Lipinski definition) is 1. The highest BCUT2D eigenvalue weighted by Crippen LogP contribution is 2.59. The van der Waals surface area contributed by atoms with Crippen LogP contribution in [0.4, 0.5) is 0 Å². The molecule has 2 nitrogen and oxygen atoms in total. The summed E-state index contributed by atoms with van der Waals surface area (Å²) >= 11 is 0. The first kappa shape index (κ1) is 11.0. The summed E-state index contributed by atoms with van der Waals surface area (Å²) < 4.78 is 0. The van der Waals surface area contributed by atoms with Crippen molar-refractivity contribution in [2.75, 3.05) is 0 Å². The molecule has 0 saturated heterocycles. The molecule has 3 atom stereocenters. The third-order valence-electron chi connectivity index (χ3n) is 4.71. The molecule has 15 heavy (non-hydrogen) atoms. The van der Waals surface area contributed by atoms with Gasteiger partial charge >= 0.3 is 0 Å². The molecule has 2 bridgehead atoms. The highest BCUT2D eigenvalue weighted by atomic mass is 16.1. The zero-order valence-electron chi connectivity index (χ0n) is 10.3. The van der Waals surface area contributed by atoms with Crippen molar-refractivity contribution in [2.24, 2.45) is 23.2 Å². The van der Waals surface area contributed by atoms with Gasteiger partial charge in [-0.1, -0.05) is 27.7 Å². The summed E-state index contributed by atoms with van der Waals surface area (Å²) in [5.74, 6) is 1.97. The van der Waals surface area contributed by atoms with Crippen LogP contribution in [0.2, 0.25) is 0 Å². The minimum absolute atomic E-state index is 0.117. The van der Waals surface area contributed by atoms with Gasteiger partial charge in [-0.05, 0) is 36.5 Å². The number of hydrogen-bond acceptors (Lipinski definition) is 1. The van der Waals surface area contributed by atoms with Gasteiger partial charge in [0.05, 0.1) is 0 Å². The summed E-state index contributed by atoms with van der Waals surface area (Å²) in [6, 6.07) is 0.444. The van der Waals surface area contributed by atoms with Crippen LogP contribution < -0.4 is 5.32 Å². The van der Waals surface area contributed by atoms with E-state index in [4.69, 9.17) is 0 Å². The lowest BCUT2D eigenvalue weighted by Gasteiger charge is -2.60. The number of amides is 1. The third kappa shape index (κ3) is 1.68. The average molecular weight is 209 g/mol. The van der Waals surface area contributed by atoms with Gasteiger partial charge in [-0.3, -0.25) is 4.79 Å². The Bertz CT molecular complexity index is 268. The number of nitrogens with one attached hydrogen (secondary N) is 1. The monoisotopic (exact) mass is 209 g/mol. The van der Waals surface area contributed by atoms with Crippen LogP contribution in [0.1, 0.15) is 47.0 Å². The van der Waals surface area contributed by atoms with Gasteiger partial charge in [0.1, 0.15) is 0 Å². The van der Waals surface area contributed by atoms with Crippen LogP contribution in [-0.4, -0.2) is 11.9 Å². The van der Waals surface area contributed by atoms with Crippen molar-refractivity contribution in [2.45, 2.75) is 53.0 Å². The molecule has 86 valence electrons. The molecule has 0 aromatic carbocycles. The molecule has 0 aromatic rings. The van der Waals surface area contributed by atoms with E-state index in [1.807, 2.05) is 13.8 Å². The molecule has 3 fully saturated rings. The first-order valence-electron chi connectivity index (χ1n) is 6.23. The molecule has 0 radical (unpaired) electrons. The molecule has 0 heterocycles. The van der Waals surface area contributed by atoms with Crippen molar-refractivity contribution < 1.29 is 4.79 Å². The molecular weight excluding hydrogens is 186 g/mol. The van der Waals surface area contributed by atoms with Gasteiger partial charge < -0.3 is 5.32 Å². The fraction of sp³-hybridized carbons (Fsp3) is 0.923. The fourth-order valence-corrected chi connectivity index (χ4v) is 3.33. The fourth-order valence-electron chi connectivity index (χ4n) is 3.33. The first-order chi connectivity index (χ1) is 6.93. The predicted octanol–water partition coefficient (Wildman–Crippen LogP) is 2.58. The highest BCUT2D eigenvalue weighted by molar-refractivity contribution is 5.78. The second-order valence-corrected chi connectivity index (χ2v) is 6.21. The Morgan fingerprint density at radius 1 is 1.33 bits per heavy atom. The lowest BCUT2D eigenvalue weighted by Crippen LogP contribution is -2.60. The Morgan fingerprint density at radius 3 is 2.47 bits per heavy atom. The zero-order valence-corrected chi connectivity index (χ0v) is 10.3. The van der Waals surface area contributed by atoms with Gasteiger partial charge in [0, 0.05) is 12.0 Å². The van der Waals surface area contributed by atoms with Gasteiger partial charge in [0.25, 0.3) is 0 Å². The van der Waals surface area contributed by atoms with E-state index in [0.29, 0.717) is 11.5 Å². The molecule has 1 N–H and O–H groups in total. The molecule has 3 saturated carbocycles. The summed E-state index contributed by atoms with van der Waals surface area (Å²) in [6.45, 7) is 8.65. The maximum atomic E-state index is 11.7. The van der Waals surface area contributed by atoms with Crippen LogP contribution in [0.3, 0.4) is 0 Å². The lowest BCUT2D eigenvalue weighted by atomic mass is 9.47. The van der Waals surface area contributed by atoms with Gasteiger partial charge in [0.2, 0.25) is 5.91 Å². The maximum Gasteiger partial charge on any atom is 0.222 e. The second kappa shape index (κ2) is 3.50. The molecule has 1 amide bonds. The largest absolute Gasteiger partial charge is 0.353 e. The molecule has 2 heteroatoms. The first-order valence-corrected chi connectivity index (χ1v) is 6.23. The van der Waals surface area contributed by atoms with Crippen molar-refractivity contribution in [1.29, 1.82) is 0 Å². The summed E-state index contributed by atoms with van der Waals surface area (Å²) in [5.41, 5.74) is 0.465. The van der Waals surface area contributed by atoms with Gasteiger partial charge in [-0.15, -0.1) is 0 Å². The van der Waals surface area contributed by atoms with E-state index in [2.05, 4.69) is 19.2 Å². The Balaban J connectivity index is 1.97. The summed E-state index contributed by atoms with van der Waals surface area (Å²) in [6.07, 6.45) is 3.82. The number of carbonyl (C=O) groups is 1. The molecule has 3 aliphatic carbocycles. The Hall–Kier alpha value is -0.530. The third-order valence-corrected chi connectivity index (χ3v) is 4.71. The van der Waals surface area contributed by atoms with Crippen LogP contribution in [0, 0.1) is 23.2 Å². The quantitative estimate of drug-likeness (QED) is 0.744. The Labute approximate surface area is 92.8 Å². The topological polar surface area (TPSA) is 29.1 Å². The summed E-state index contributed by atoms with van der Waals surface area (Å²) in [7, 11) is 0. The van der Waals surface area contributed by atoms with E-state index in [-0.39, 0.29) is 11.8 Å². The number of fused-ring (bicyclic) bond motifs is 2. The average Bonchev–Trinajstić information content (AvgIpc) is 2.17.